The molecule has 3 aromatic rings. The van der Waals surface area contributed by atoms with Crippen LogP contribution in [0.5, 0.6) is 0 Å². The summed E-state index contributed by atoms with van der Waals surface area (Å²) in [7, 11) is -3.58. The monoisotopic (exact) mass is 555 g/mol. The van der Waals surface area contributed by atoms with E-state index in [2.05, 4.69) is 11.9 Å². The first-order valence-electron chi connectivity index (χ1n) is 11.5. The molecule has 0 unspecified atom stereocenters. The molecule has 2 heterocycles. The second-order valence-electron chi connectivity index (χ2n) is 8.50. The lowest BCUT2D eigenvalue weighted by molar-refractivity contribution is 0.0996. The second kappa shape index (κ2) is 11.1. The number of sulfonamides is 1. The van der Waals surface area contributed by atoms with E-state index in [1.165, 1.54) is 39.9 Å². The predicted octanol–water partition coefficient (Wildman–Crippen LogP) is 5.21. The summed E-state index contributed by atoms with van der Waals surface area (Å²) >= 11 is 13.9. The predicted molar refractivity (Wildman–Crippen MR) is 140 cm³/mol. The van der Waals surface area contributed by atoms with Crippen LogP contribution in [0, 0.1) is 5.92 Å². The molecule has 1 aliphatic heterocycles. The number of benzene rings is 2. The average molecular weight is 557 g/mol. The number of aromatic nitrogens is 1. The van der Waals surface area contributed by atoms with Crippen molar-refractivity contribution < 1.29 is 17.9 Å². The van der Waals surface area contributed by atoms with Crippen LogP contribution in [0.4, 0.5) is 0 Å². The number of carbonyl (C=O) groups is 1. The van der Waals surface area contributed by atoms with Gasteiger partial charge in [-0.25, -0.2) is 8.42 Å². The molecule has 7 nitrogen and oxygen atoms in total. The lowest BCUT2D eigenvalue weighted by Gasteiger charge is -2.29. The van der Waals surface area contributed by atoms with Gasteiger partial charge in [0.05, 0.1) is 26.7 Å². The highest BCUT2D eigenvalue weighted by Crippen LogP contribution is 2.30. The molecule has 0 spiro atoms. The van der Waals surface area contributed by atoms with Gasteiger partial charge in [0.15, 0.2) is 4.80 Å². The number of ether oxygens (including phenoxy) is 1. The number of nitrogens with zero attached hydrogens (tertiary/aromatic N) is 3. The standard InChI is InChI=1S/C24H27Cl2N3O4S2/c1-3-33-13-12-29-22-20(26)14-18(25)15-21(22)34-24(29)27-23(30)17-4-6-19(7-5-17)35(31,32)28-10-8-16(2)9-11-28/h4-7,14-16H,3,8-13H2,1-2H3. The van der Waals surface area contributed by atoms with Crippen molar-refractivity contribution in [2.24, 2.45) is 10.9 Å². The van der Waals surface area contributed by atoms with Gasteiger partial charge in [0.2, 0.25) is 10.0 Å². The average Bonchev–Trinajstić information content (AvgIpc) is 3.16. The Balaban J connectivity index is 1.64. The molecule has 0 saturated carbocycles. The van der Waals surface area contributed by atoms with Gasteiger partial charge in [-0.2, -0.15) is 9.30 Å². The first kappa shape index (κ1) is 26.3. The molecule has 4 rings (SSSR count). The van der Waals surface area contributed by atoms with Gasteiger partial charge in [-0.05, 0) is 62.1 Å². The molecule has 1 aliphatic rings. The van der Waals surface area contributed by atoms with Crippen LogP contribution in [0.2, 0.25) is 10.0 Å². The molecular weight excluding hydrogens is 529 g/mol. The Hall–Kier alpha value is -1.75. The van der Waals surface area contributed by atoms with E-state index < -0.39 is 15.9 Å². The van der Waals surface area contributed by atoms with Crippen LogP contribution < -0.4 is 4.80 Å². The number of hydrogen-bond acceptors (Lipinski definition) is 5. The first-order chi connectivity index (χ1) is 16.7. The molecule has 188 valence electrons. The summed E-state index contributed by atoms with van der Waals surface area (Å²) in [4.78, 5) is 18.0. The van der Waals surface area contributed by atoms with E-state index >= 15 is 0 Å². The second-order valence-corrected chi connectivity index (χ2v) is 12.3. The maximum absolute atomic E-state index is 13.0. The third-order valence-electron chi connectivity index (χ3n) is 6.04. The molecule has 0 aliphatic carbocycles. The number of rotatable bonds is 7. The Bertz CT molecular complexity index is 1390. The lowest BCUT2D eigenvalue weighted by atomic mass is 10.0. The minimum atomic E-state index is -3.58. The number of thiazole rings is 1. The van der Waals surface area contributed by atoms with Gasteiger partial charge in [0.25, 0.3) is 5.91 Å². The topological polar surface area (TPSA) is 81.0 Å². The Kier molecular flexibility index (Phi) is 8.35. The zero-order valence-electron chi connectivity index (χ0n) is 19.5. The van der Waals surface area contributed by atoms with Crippen molar-refractivity contribution >= 4 is 60.7 Å². The fraction of sp³-hybridized carbons (Fsp3) is 0.417. The van der Waals surface area contributed by atoms with Crippen molar-refractivity contribution in [1.82, 2.24) is 8.87 Å². The van der Waals surface area contributed by atoms with Crippen molar-refractivity contribution in [3.05, 3.63) is 56.8 Å². The summed E-state index contributed by atoms with van der Waals surface area (Å²) in [6.45, 7) is 6.54. The molecule has 1 saturated heterocycles. The van der Waals surface area contributed by atoms with E-state index in [9.17, 15) is 13.2 Å². The summed E-state index contributed by atoms with van der Waals surface area (Å²) in [6.07, 6.45) is 1.70. The summed E-state index contributed by atoms with van der Waals surface area (Å²) in [5, 5.41) is 0.967. The summed E-state index contributed by atoms with van der Waals surface area (Å²) in [5.74, 6) is 0.0545. The maximum Gasteiger partial charge on any atom is 0.279 e. The smallest absolute Gasteiger partial charge is 0.279 e. The maximum atomic E-state index is 13.0. The molecule has 11 heteroatoms. The van der Waals surface area contributed by atoms with Crippen LogP contribution in [0.1, 0.15) is 37.0 Å². The lowest BCUT2D eigenvalue weighted by Crippen LogP contribution is -2.37. The number of piperidine rings is 1. The molecule has 0 N–H and O–H groups in total. The van der Waals surface area contributed by atoms with Crippen LogP contribution in [0.3, 0.4) is 0 Å². The molecule has 0 radical (unpaired) electrons. The third-order valence-corrected chi connectivity index (χ3v) is 9.48. The van der Waals surface area contributed by atoms with Crippen LogP contribution in [0.15, 0.2) is 46.3 Å². The number of hydrogen-bond donors (Lipinski definition) is 0. The number of fused-ring (bicyclic) bond motifs is 1. The highest BCUT2D eigenvalue weighted by Gasteiger charge is 2.28. The van der Waals surface area contributed by atoms with Gasteiger partial charge in [-0.1, -0.05) is 41.5 Å². The van der Waals surface area contributed by atoms with Crippen LogP contribution in [0.25, 0.3) is 10.2 Å². The molecule has 2 aromatic carbocycles. The minimum Gasteiger partial charge on any atom is -0.380 e. The van der Waals surface area contributed by atoms with E-state index in [1.807, 2.05) is 11.5 Å². The third kappa shape index (κ3) is 5.81. The van der Waals surface area contributed by atoms with Crippen LogP contribution >= 0.6 is 34.5 Å². The highest BCUT2D eigenvalue weighted by atomic mass is 35.5. The molecule has 1 fully saturated rings. The van der Waals surface area contributed by atoms with Gasteiger partial charge < -0.3 is 9.30 Å². The van der Waals surface area contributed by atoms with Crippen molar-refractivity contribution in [1.29, 1.82) is 0 Å². The van der Waals surface area contributed by atoms with E-state index in [-0.39, 0.29) is 4.90 Å². The Morgan fingerprint density at radius 3 is 2.51 bits per heavy atom. The Morgan fingerprint density at radius 2 is 1.86 bits per heavy atom. The fourth-order valence-electron chi connectivity index (χ4n) is 4.02. The van der Waals surface area contributed by atoms with E-state index in [4.69, 9.17) is 27.9 Å². The van der Waals surface area contributed by atoms with E-state index in [0.29, 0.717) is 59.2 Å². The van der Waals surface area contributed by atoms with Crippen molar-refractivity contribution in [2.75, 3.05) is 26.3 Å². The summed E-state index contributed by atoms with van der Waals surface area (Å²) in [6, 6.07) is 9.40. The van der Waals surface area contributed by atoms with Gasteiger partial charge >= 0.3 is 0 Å². The zero-order valence-corrected chi connectivity index (χ0v) is 22.7. The van der Waals surface area contributed by atoms with Crippen molar-refractivity contribution in [3.63, 3.8) is 0 Å². The van der Waals surface area contributed by atoms with Crippen LogP contribution in [-0.2, 0) is 21.3 Å². The molecular formula is C24H27Cl2N3O4S2. The Labute approximate surface area is 219 Å². The number of amides is 1. The highest BCUT2D eigenvalue weighted by molar-refractivity contribution is 7.89. The SMILES string of the molecule is CCOCCn1c(=NC(=O)c2ccc(S(=O)(=O)N3CCC(C)CC3)cc2)sc2cc(Cl)cc(Cl)c21. The quantitative estimate of drug-likeness (QED) is 0.375. The molecule has 1 amide bonds. The molecule has 35 heavy (non-hydrogen) atoms. The molecule has 1 aromatic heterocycles. The van der Waals surface area contributed by atoms with Crippen molar-refractivity contribution in [3.8, 4) is 0 Å². The van der Waals surface area contributed by atoms with Gasteiger partial charge in [0.1, 0.15) is 0 Å². The summed E-state index contributed by atoms with van der Waals surface area (Å²) in [5.41, 5.74) is 1.04. The Morgan fingerprint density at radius 1 is 1.17 bits per heavy atom. The van der Waals surface area contributed by atoms with Crippen molar-refractivity contribution in [2.45, 2.75) is 38.1 Å². The van der Waals surface area contributed by atoms with Gasteiger partial charge in [-0.15, -0.1) is 0 Å². The minimum absolute atomic E-state index is 0.179. The zero-order chi connectivity index (χ0) is 25.2. The largest absolute Gasteiger partial charge is 0.380 e. The number of halogens is 2. The fourth-order valence-corrected chi connectivity index (χ4v) is 7.32. The summed E-state index contributed by atoms with van der Waals surface area (Å²) < 4.78 is 35.6. The van der Waals surface area contributed by atoms with E-state index in [0.717, 1.165) is 23.1 Å². The van der Waals surface area contributed by atoms with Crippen LogP contribution in [-0.4, -0.2) is 49.5 Å². The molecule has 0 atom stereocenters. The molecule has 0 bridgehead atoms. The van der Waals surface area contributed by atoms with E-state index in [1.54, 1.807) is 12.1 Å². The van der Waals surface area contributed by atoms with Gasteiger partial charge in [-0.3, -0.25) is 4.79 Å². The normalized spacial score (nSPS) is 16.3. The van der Waals surface area contributed by atoms with Gasteiger partial charge in [0, 0.05) is 36.8 Å². The number of carbonyl (C=O) groups excluding carboxylic acids is 1. The first-order valence-corrected chi connectivity index (χ1v) is 14.5.